The number of carbonyl (C=O) groups is 1. The van der Waals surface area contributed by atoms with Crippen molar-refractivity contribution in [1.29, 1.82) is 5.26 Å². The summed E-state index contributed by atoms with van der Waals surface area (Å²) in [4.78, 5) is 11.6. The van der Waals surface area contributed by atoms with E-state index < -0.39 is 5.97 Å². The molecule has 100 valence electrons. The highest BCUT2D eigenvalue weighted by Crippen LogP contribution is 2.26. The van der Waals surface area contributed by atoms with E-state index in [2.05, 4.69) is 0 Å². The number of ether oxygens (including phenoxy) is 1. The smallest absolute Gasteiger partial charge is 0.348 e. The van der Waals surface area contributed by atoms with Crippen molar-refractivity contribution in [3.05, 3.63) is 47.5 Å². The fraction of sp³-hybridized carbons (Fsp3) is 0.125. The lowest BCUT2D eigenvalue weighted by Crippen LogP contribution is -2.06. The van der Waals surface area contributed by atoms with E-state index in [1.807, 2.05) is 24.3 Å². The fourth-order valence-corrected chi connectivity index (χ4v) is 1.86. The van der Waals surface area contributed by atoms with E-state index in [1.165, 1.54) is 6.08 Å². The molecule has 0 bridgehead atoms. The predicted molar refractivity (Wildman–Crippen MR) is 75.8 cm³/mol. The maximum absolute atomic E-state index is 11.6. The molecule has 0 fully saturated rings. The fourth-order valence-electron chi connectivity index (χ4n) is 1.86. The minimum Gasteiger partial charge on any atom is -0.507 e. The van der Waals surface area contributed by atoms with E-state index >= 15 is 0 Å². The monoisotopic (exact) mass is 267 g/mol. The van der Waals surface area contributed by atoms with Gasteiger partial charge in [-0.2, -0.15) is 5.26 Å². The molecule has 0 unspecified atom stereocenters. The van der Waals surface area contributed by atoms with Crippen LogP contribution in [0.25, 0.3) is 16.8 Å². The van der Waals surface area contributed by atoms with Crippen LogP contribution in [0, 0.1) is 11.3 Å². The normalized spacial score (nSPS) is 11.1. The summed E-state index contributed by atoms with van der Waals surface area (Å²) in [6, 6.07) is 12.6. The minimum atomic E-state index is -0.692. The van der Waals surface area contributed by atoms with Gasteiger partial charge in [-0.15, -0.1) is 0 Å². The van der Waals surface area contributed by atoms with Crippen molar-refractivity contribution < 1.29 is 14.6 Å². The van der Waals surface area contributed by atoms with Crippen molar-refractivity contribution in [2.45, 2.75) is 6.92 Å². The Bertz CT molecular complexity index is 726. The first kappa shape index (κ1) is 13.6. The third kappa shape index (κ3) is 2.78. The number of carbonyl (C=O) groups excluding carboxylic acids is 1. The standard InChI is InChI=1S/C16H13NO3/c1-2-20-16(19)14(10-17)8-13-7-11-5-3-4-6-12(11)9-15(13)18/h3-9,18H,2H2,1H3/b14-8+. The first-order valence-corrected chi connectivity index (χ1v) is 6.16. The molecule has 1 N–H and O–H groups in total. The zero-order valence-corrected chi connectivity index (χ0v) is 11.0. The van der Waals surface area contributed by atoms with Crippen molar-refractivity contribution >= 4 is 22.8 Å². The largest absolute Gasteiger partial charge is 0.507 e. The topological polar surface area (TPSA) is 70.3 Å². The van der Waals surface area contributed by atoms with Gasteiger partial charge in [-0.25, -0.2) is 4.79 Å². The molecule has 0 saturated heterocycles. The lowest BCUT2D eigenvalue weighted by molar-refractivity contribution is -0.137. The van der Waals surface area contributed by atoms with Gasteiger partial charge in [0.25, 0.3) is 0 Å². The van der Waals surface area contributed by atoms with Gasteiger partial charge in [0.1, 0.15) is 17.4 Å². The van der Waals surface area contributed by atoms with E-state index in [9.17, 15) is 9.90 Å². The predicted octanol–water partition coefficient (Wildman–Crippen LogP) is 3.02. The Morgan fingerprint density at radius 2 is 2.00 bits per heavy atom. The molecule has 2 aromatic rings. The molecular weight excluding hydrogens is 254 g/mol. The minimum absolute atomic E-state index is 0.0146. The maximum Gasteiger partial charge on any atom is 0.348 e. The summed E-state index contributed by atoms with van der Waals surface area (Å²) < 4.78 is 4.78. The van der Waals surface area contributed by atoms with Crippen molar-refractivity contribution in [2.75, 3.05) is 6.61 Å². The summed E-state index contributed by atoms with van der Waals surface area (Å²) in [5, 5.41) is 20.7. The molecule has 0 saturated carbocycles. The van der Waals surface area contributed by atoms with Crippen LogP contribution < -0.4 is 0 Å². The van der Waals surface area contributed by atoms with E-state index in [4.69, 9.17) is 10.00 Å². The van der Waals surface area contributed by atoms with E-state index in [0.29, 0.717) is 5.56 Å². The second-order valence-electron chi connectivity index (χ2n) is 4.15. The number of benzene rings is 2. The van der Waals surface area contributed by atoms with Crippen molar-refractivity contribution in [2.24, 2.45) is 0 Å². The van der Waals surface area contributed by atoms with Crippen LogP contribution >= 0.6 is 0 Å². The molecule has 0 aromatic heterocycles. The van der Waals surface area contributed by atoms with Crippen LogP contribution in [-0.4, -0.2) is 17.7 Å². The Hall–Kier alpha value is -2.80. The summed E-state index contributed by atoms with van der Waals surface area (Å²) in [5.74, 6) is -0.677. The maximum atomic E-state index is 11.6. The third-order valence-electron chi connectivity index (χ3n) is 2.81. The van der Waals surface area contributed by atoms with Crippen molar-refractivity contribution in [1.82, 2.24) is 0 Å². The zero-order chi connectivity index (χ0) is 14.5. The van der Waals surface area contributed by atoms with Gasteiger partial charge in [-0.1, -0.05) is 24.3 Å². The number of nitriles is 1. The van der Waals surface area contributed by atoms with Crippen LogP contribution in [0.4, 0.5) is 0 Å². The SMILES string of the molecule is CCOC(=O)/C(C#N)=C/c1cc2ccccc2cc1O. The molecule has 0 radical (unpaired) electrons. The number of rotatable bonds is 3. The van der Waals surface area contributed by atoms with Crippen LogP contribution in [0.2, 0.25) is 0 Å². The lowest BCUT2D eigenvalue weighted by atomic mass is 10.0. The molecule has 0 amide bonds. The average molecular weight is 267 g/mol. The van der Waals surface area contributed by atoms with Gasteiger partial charge in [0.2, 0.25) is 0 Å². The number of esters is 1. The highest BCUT2D eigenvalue weighted by molar-refractivity contribution is 5.99. The van der Waals surface area contributed by atoms with Crippen LogP contribution in [0.3, 0.4) is 0 Å². The average Bonchev–Trinajstić information content (AvgIpc) is 2.45. The second kappa shape index (κ2) is 5.89. The van der Waals surface area contributed by atoms with Crippen LogP contribution in [0.1, 0.15) is 12.5 Å². The van der Waals surface area contributed by atoms with Crippen LogP contribution in [0.15, 0.2) is 42.0 Å². The molecule has 0 spiro atoms. The molecule has 4 nitrogen and oxygen atoms in total. The van der Waals surface area contributed by atoms with Crippen molar-refractivity contribution in [3.63, 3.8) is 0 Å². The molecule has 0 atom stereocenters. The number of phenolic OH excluding ortho intramolecular Hbond substituents is 1. The van der Waals surface area contributed by atoms with Gasteiger partial charge >= 0.3 is 5.97 Å². The molecular formula is C16H13NO3. The summed E-state index contributed by atoms with van der Waals surface area (Å²) in [7, 11) is 0. The highest BCUT2D eigenvalue weighted by Gasteiger charge is 2.11. The number of hydrogen-bond donors (Lipinski definition) is 1. The summed E-state index contributed by atoms with van der Waals surface area (Å²) in [6.07, 6.45) is 1.33. The Kier molecular flexibility index (Phi) is 4.02. The Labute approximate surface area is 116 Å². The van der Waals surface area contributed by atoms with Crippen molar-refractivity contribution in [3.8, 4) is 11.8 Å². The van der Waals surface area contributed by atoms with E-state index in [-0.39, 0.29) is 17.9 Å². The lowest BCUT2D eigenvalue weighted by Gasteiger charge is -2.04. The van der Waals surface area contributed by atoms with Crippen LogP contribution in [0.5, 0.6) is 5.75 Å². The zero-order valence-electron chi connectivity index (χ0n) is 11.0. The molecule has 20 heavy (non-hydrogen) atoms. The molecule has 2 rings (SSSR count). The second-order valence-corrected chi connectivity index (χ2v) is 4.15. The molecule has 2 aromatic carbocycles. The Morgan fingerprint density at radius 1 is 1.35 bits per heavy atom. The first-order chi connectivity index (χ1) is 9.65. The first-order valence-electron chi connectivity index (χ1n) is 6.16. The third-order valence-corrected chi connectivity index (χ3v) is 2.81. The quantitative estimate of drug-likeness (QED) is 0.527. The number of aromatic hydroxyl groups is 1. The number of nitrogens with zero attached hydrogens (tertiary/aromatic N) is 1. The van der Waals surface area contributed by atoms with E-state index in [1.54, 1.807) is 25.1 Å². The molecule has 0 aliphatic heterocycles. The highest BCUT2D eigenvalue weighted by atomic mass is 16.5. The van der Waals surface area contributed by atoms with Gasteiger partial charge in [-0.3, -0.25) is 0 Å². The molecule has 0 aliphatic rings. The molecule has 4 heteroatoms. The van der Waals surface area contributed by atoms with E-state index in [0.717, 1.165) is 10.8 Å². The van der Waals surface area contributed by atoms with Crippen LogP contribution in [-0.2, 0) is 9.53 Å². The number of phenols is 1. The summed E-state index contributed by atoms with van der Waals surface area (Å²) in [5.41, 5.74) is 0.269. The molecule has 0 heterocycles. The number of hydrogen-bond acceptors (Lipinski definition) is 4. The summed E-state index contributed by atoms with van der Waals surface area (Å²) in [6.45, 7) is 1.86. The molecule has 0 aliphatic carbocycles. The summed E-state index contributed by atoms with van der Waals surface area (Å²) >= 11 is 0. The number of fused-ring (bicyclic) bond motifs is 1. The van der Waals surface area contributed by atoms with Gasteiger partial charge in [0.05, 0.1) is 6.61 Å². The Balaban J connectivity index is 2.49. The van der Waals surface area contributed by atoms with Gasteiger partial charge in [-0.05, 0) is 35.9 Å². The van der Waals surface area contributed by atoms with Gasteiger partial charge in [0.15, 0.2) is 0 Å². The van der Waals surface area contributed by atoms with Gasteiger partial charge in [0, 0.05) is 5.56 Å². The van der Waals surface area contributed by atoms with Gasteiger partial charge < -0.3 is 9.84 Å². The Morgan fingerprint density at radius 3 is 2.60 bits per heavy atom.